The van der Waals surface area contributed by atoms with Gasteiger partial charge in [0.2, 0.25) is 0 Å². The highest BCUT2D eigenvalue weighted by Crippen LogP contribution is 2.47. The highest BCUT2D eigenvalue weighted by molar-refractivity contribution is 6.52. The Morgan fingerprint density at radius 1 is 0.889 bits per heavy atom. The van der Waals surface area contributed by atoms with Gasteiger partial charge in [0.05, 0.1) is 43.5 Å². The maximum Gasteiger partial charge on any atom is 0.300 e. The van der Waals surface area contributed by atoms with Crippen molar-refractivity contribution in [1.82, 2.24) is 0 Å². The number of aryl methyl sites for hydroxylation is 2. The van der Waals surface area contributed by atoms with Crippen LogP contribution in [0.5, 0.6) is 17.2 Å². The first-order valence-corrected chi connectivity index (χ1v) is 11.5. The molecule has 1 amide bonds. The Hall–Kier alpha value is -3.97. The molecule has 3 aromatic rings. The molecule has 1 aliphatic heterocycles. The van der Waals surface area contributed by atoms with Crippen molar-refractivity contribution in [3.05, 3.63) is 87.4 Å². The van der Waals surface area contributed by atoms with Crippen molar-refractivity contribution in [1.29, 1.82) is 0 Å². The zero-order valence-corrected chi connectivity index (χ0v) is 21.3. The molecule has 36 heavy (non-hydrogen) atoms. The van der Waals surface area contributed by atoms with E-state index >= 15 is 0 Å². The number of aliphatic hydroxyl groups excluding tert-OH is 1. The van der Waals surface area contributed by atoms with Crippen molar-refractivity contribution in [2.75, 3.05) is 26.2 Å². The van der Waals surface area contributed by atoms with Crippen molar-refractivity contribution >= 4 is 34.7 Å². The molecule has 8 heteroatoms. The van der Waals surface area contributed by atoms with E-state index in [2.05, 4.69) is 0 Å². The van der Waals surface area contributed by atoms with Gasteiger partial charge in [-0.1, -0.05) is 47.5 Å². The number of amides is 1. The summed E-state index contributed by atoms with van der Waals surface area (Å²) in [6, 6.07) is 14.7. The molecule has 1 saturated heterocycles. The molecule has 0 aliphatic carbocycles. The van der Waals surface area contributed by atoms with Crippen LogP contribution in [0.4, 0.5) is 5.69 Å². The summed E-state index contributed by atoms with van der Waals surface area (Å²) >= 11 is 6.34. The number of ketones is 1. The first kappa shape index (κ1) is 25.1. The van der Waals surface area contributed by atoms with Crippen molar-refractivity contribution in [3.8, 4) is 17.2 Å². The highest BCUT2D eigenvalue weighted by Gasteiger charge is 2.48. The van der Waals surface area contributed by atoms with E-state index in [-0.39, 0.29) is 21.9 Å². The Labute approximate surface area is 214 Å². The summed E-state index contributed by atoms with van der Waals surface area (Å²) in [5.41, 5.74) is 2.96. The molecule has 186 valence electrons. The summed E-state index contributed by atoms with van der Waals surface area (Å²) in [5.74, 6) is -0.995. The predicted octanol–water partition coefficient (Wildman–Crippen LogP) is 5.61. The summed E-state index contributed by atoms with van der Waals surface area (Å²) in [5, 5.41) is 11.7. The van der Waals surface area contributed by atoms with Gasteiger partial charge in [-0.2, -0.15) is 0 Å². The predicted molar refractivity (Wildman–Crippen MR) is 138 cm³/mol. The molecule has 7 nitrogen and oxygen atoms in total. The maximum atomic E-state index is 13.5. The number of ether oxygens (including phenoxy) is 3. The van der Waals surface area contributed by atoms with E-state index in [1.54, 1.807) is 30.3 Å². The fourth-order valence-corrected chi connectivity index (χ4v) is 4.77. The largest absolute Gasteiger partial charge is 0.507 e. The summed E-state index contributed by atoms with van der Waals surface area (Å²) in [7, 11) is 4.39. The second-order valence-electron chi connectivity index (χ2n) is 8.39. The van der Waals surface area contributed by atoms with Crippen molar-refractivity contribution in [3.63, 3.8) is 0 Å². The number of anilines is 1. The third kappa shape index (κ3) is 4.16. The van der Waals surface area contributed by atoms with E-state index in [1.807, 2.05) is 26.0 Å². The van der Waals surface area contributed by atoms with Gasteiger partial charge in [-0.3, -0.25) is 14.5 Å². The lowest BCUT2D eigenvalue weighted by Gasteiger charge is -2.28. The molecule has 0 bridgehead atoms. The van der Waals surface area contributed by atoms with Gasteiger partial charge in [0, 0.05) is 17.3 Å². The number of Topliss-reactive ketones (excluding diaryl/α,β-unsaturated/α-hetero) is 1. The van der Waals surface area contributed by atoms with Gasteiger partial charge in [0.15, 0.2) is 0 Å². The number of para-hydroxylation sites is 1. The molecule has 0 saturated carbocycles. The van der Waals surface area contributed by atoms with Crippen LogP contribution in [0, 0.1) is 13.8 Å². The molecular weight excluding hydrogens is 482 g/mol. The van der Waals surface area contributed by atoms with Gasteiger partial charge >= 0.3 is 0 Å². The minimum atomic E-state index is -0.965. The number of benzene rings is 3. The zero-order valence-electron chi connectivity index (χ0n) is 20.6. The number of aliphatic hydroxyl groups is 1. The zero-order chi connectivity index (χ0) is 26.1. The SMILES string of the molecule is COc1cc(OC)c(/C(O)=C2\C(=O)C(=O)N(c3ccc(C)cc3C)C2c2ccccc2OC)cc1Cl. The van der Waals surface area contributed by atoms with Gasteiger partial charge in [-0.25, -0.2) is 0 Å². The van der Waals surface area contributed by atoms with Gasteiger partial charge in [0.25, 0.3) is 11.7 Å². The summed E-state index contributed by atoms with van der Waals surface area (Å²) in [6.45, 7) is 3.81. The number of methoxy groups -OCH3 is 3. The molecular formula is C28H26ClNO6. The lowest BCUT2D eigenvalue weighted by atomic mass is 9.93. The second kappa shape index (κ2) is 9.95. The van der Waals surface area contributed by atoms with Crippen molar-refractivity contribution in [2.45, 2.75) is 19.9 Å². The van der Waals surface area contributed by atoms with E-state index in [0.29, 0.717) is 22.7 Å². The normalized spacial score (nSPS) is 16.8. The molecule has 1 heterocycles. The van der Waals surface area contributed by atoms with Crippen LogP contribution in [0.3, 0.4) is 0 Å². The second-order valence-corrected chi connectivity index (χ2v) is 8.80. The van der Waals surface area contributed by atoms with Crippen LogP contribution < -0.4 is 19.1 Å². The first-order valence-electron chi connectivity index (χ1n) is 11.2. The topological polar surface area (TPSA) is 85.3 Å². The Morgan fingerprint density at radius 2 is 1.56 bits per heavy atom. The van der Waals surface area contributed by atoms with Crippen LogP contribution in [0.1, 0.15) is 28.3 Å². The van der Waals surface area contributed by atoms with Crippen LogP contribution in [-0.2, 0) is 9.59 Å². The van der Waals surface area contributed by atoms with E-state index in [1.165, 1.54) is 38.4 Å². The molecule has 1 N–H and O–H groups in total. The smallest absolute Gasteiger partial charge is 0.300 e. The number of hydrogen-bond donors (Lipinski definition) is 1. The minimum Gasteiger partial charge on any atom is -0.507 e. The van der Waals surface area contributed by atoms with Crippen LogP contribution in [-0.4, -0.2) is 38.1 Å². The number of carbonyl (C=O) groups is 2. The van der Waals surface area contributed by atoms with Crippen molar-refractivity contribution < 1.29 is 28.9 Å². The summed E-state index contributed by atoms with van der Waals surface area (Å²) in [4.78, 5) is 28.4. The fourth-order valence-electron chi connectivity index (χ4n) is 4.53. The number of hydrogen-bond acceptors (Lipinski definition) is 6. The standard InChI is InChI=1S/C28H26ClNO6/c1-15-10-11-20(16(2)12-15)30-25(17-8-6-7-9-21(17)34-3)24(27(32)28(30)33)26(31)18-13-19(29)23(36-5)14-22(18)35-4/h6-14,25,31H,1-5H3/b26-24+. The summed E-state index contributed by atoms with van der Waals surface area (Å²) < 4.78 is 16.3. The molecule has 1 atom stereocenters. The van der Waals surface area contributed by atoms with E-state index in [0.717, 1.165) is 11.1 Å². The van der Waals surface area contributed by atoms with Crippen LogP contribution in [0.15, 0.2) is 60.2 Å². The number of halogens is 1. The lowest BCUT2D eigenvalue weighted by molar-refractivity contribution is -0.132. The van der Waals surface area contributed by atoms with Gasteiger partial charge in [0.1, 0.15) is 23.0 Å². The van der Waals surface area contributed by atoms with Gasteiger partial charge in [-0.05, 0) is 37.6 Å². The van der Waals surface area contributed by atoms with E-state index < -0.39 is 23.5 Å². The molecule has 0 radical (unpaired) electrons. The van der Waals surface area contributed by atoms with Crippen molar-refractivity contribution in [2.24, 2.45) is 0 Å². The Kier molecular flexibility index (Phi) is 6.95. The third-order valence-electron chi connectivity index (χ3n) is 6.22. The highest BCUT2D eigenvalue weighted by atomic mass is 35.5. The quantitative estimate of drug-likeness (QED) is 0.265. The Morgan fingerprint density at radius 3 is 2.19 bits per heavy atom. The number of nitrogens with zero attached hydrogens (tertiary/aromatic N) is 1. The Balaban J connectivity index is 2.04. The average Bonchev–Trinajstić information content (AvgIpc) is 3.13. The Bertz CT molecular complexity index is 1400. The van der Waals surface area contributed by atoms with Crippen LogP contribution in [0.2, 0.25) is 5.02 Å². The minimum absolute atomic E-state index is 0.107. The monoisotopic (exact) mass is 507 g/mol. The molecule has 0 spiro atoms. The molecule has 4 rings (SSSR count). The van der Waals surface area contributed by atoms with Gasteiger partial charge in [-0.15, -0.1) is 0 Å². The molecule has 0 aromatic heterocycles. The fraction of sp³-hybridized carbons (Fsp3) is 0.214. The van der Waals surface area contributed by atoms with Crippen LogP contribution in [0.25, 0.3) is 5.76 Å². The lowest BCUT2D eigenvalue weighted by Crippen LogP contribution is -2.30. The maximum absolute atomic E-state index is 13.5. The molecule has 1 aliphatic rings. The molecule has 1 unspecified atom stereocenters. The average molecular weight is 508 g/mol. The van der Waals surface area contributed by atoms with Crippen LogP contribution >= 0.6 is 11.6 Å². The van der Waals surface area contributed by atoms with Gasteiger partial charge < -0.3 is 19.3 Å². The van der Waals surface area contributed by atoms with E-state index in [9.17, 15) is 14.7 Å². The molecule has 1 fully saturated rings. The molecule has 3 aromatic carbocycles. The first-order chi connectivity index (χ1) is 17.2. The van der Waals surface area contributed by atoms with E-state index in [4.69, 9.17) is 25.8 Å². The third-order valence-corrected chi connectivity index (χ3v) is 6.51. The number of carbonyl (C=O) groups excluding carboxylic acids is 2. The number of rotatable bonds is 6. The summed E-state index contributed by atoms with van der Waals surface area (Å²) in [6.07, 6.45) is 0.